The van der Waals surface area contributed by atoms with E-state index >= 15 is 0 Å². The number of hydrogen-bond acceptors (Lipinski definition) is 3. The Labute approximate surface area is 124 Å². The topological polar surface area (TPSA) is 33.6 Å². The minimum absolute atomic E-state index is 0.631. The molecule has 2 rings (SSSR count). The van der Waals surface area contributed by atoms with Crippen LogP contribution in [-0.4, -0.2) is 12.8 Å². The van der Waals surface area contributed by atoms with Crippen LogP contribution in [0.15, 0.2) is 47.6 Å². The van der Waals surface area contributed by atoms with E-state index in [1.807, 2.05) is 56.3 Å². The van der Waals surface area contributed by atoms with Crippen LogP contribution in [0.4, 0.5) is 5.69 Å². The van der Waals surface area contributed by atoms with E-state index in [1.165, 1.54) is 0 Å². The van der Waals surface area contributed by atoms with Gasteiger partial charge in [-0.15, -0.1) is 0 Å². The Morgan fingerprint density at radius 1 is 1.25 bits per heavy atom. The monoisotopic (exact) mass is 288 g/mol. The van der Waals surface area contributed by atoms with Crippen molar-refractivity contribution >= 4 is 23.5 Å². The Kier molecular flexibility index (Phi) is 5.02. The van der Waals surface area contributed by atoms with Crippen molar-refractivity contribution in [2.24, 2.45) is 5.10 Å². The quantitative estimate of drug-likeness (QED) is 0.649. The predicted molar refractivity (Wildman–Crippen MR) is 85.0 cm³/mol. The van der Waals surface area contributed by atoms with Crippen molar-refractivity contribution in [1.82, 2.24) is 0 Å². The second-order valence-electron chi connectivity index (χ2n) is 4.30. The number of ether oxygens (including phenoxy) is 1. The third-order valence-electron chi connectivity index (χ3n) is 2.79. The fourth-order valence-electron chi connectivity index (χ4n) is 1.71. The summed E-state index contributed by atoms with van der Waals surface area (Å²) in [6.45, 7) is 4.56. The summed E-state index contributed by atoms with van der Waals surface area (Å²) in [6.07, 6.45) is 1.73. The molecule has 0 aliphatic heterocycles. The van der Waals surface area contributed by atoms with E-state index in [1.54, 1.807) is 6.21 Å². The van der Waals surface area contributed by atoms with Crippen LogP contribution in [0.2, 0.25) is 5.02 Å². The summed E-state index contributed by atoms with van der Waals surface area (Å²) >= 11 is 6.06. The Morgan fingerprint density at radius 2 is 2.05 bits per heavy atom. The number of nitrogens with zero attached hydrogens (tertiary/aromatic N) is 1. The summed E-state index contributed by atoms with van der Waals surface area (Å²) in [4.78, 5) is 0. The van der Waals surface area contributed by atoms with E-state index in [9.17, 15) is 0 Å². The van der Waals surface area contributed by atoms with Crippen molar-refractivity contribution < 1.29 is 4.74 Å². The highest BCUT2D eigenvalue weighted by Gasteiger charge is 1.99. The molecular formula is C16H17ClN2O. The normalized spacial score (nSPS) is 10.8. The molecule has 0 radical (unpaired) electrons. The van der Waals surface area contributed by atoms with Crippen molar-refractivity contribution in [3.63, 3.8) is 0 Å². The lowest BCUT2D eigenvalue weighted by Gasteiger charge is -2.06. The molecular weight excluding hydrogens is 272 g/mol. The molecule has 1 N–H and O–H groups in total. The van der Waals surface area contributed by atoms with E-state index in [0.717, 1.165) is 27.6 Å². The van der Waals surface area contributed by atoms with Gasteiger partial charge < -0.3 is 4.74 Å². The van der Waals surface area contributed by atoms with Crippen LogP contribution >= 0.6 is 11.6 Å². The van der Waals surface area contributed by atoms with Gasteiger partial charge in [0.1, 0.15) is 5.75 Å². The number of aryl methyl sites for hydroxylation is 1. The lowest BCUT2D eigenvalue weighted by molar-refractivity contribution is 0.340. The summed E-state index contributed by atoms with van der Waals surface area (Å²) < 4.78 is 5.53. The molecule has 0 aliphatic rings. The molecule has 0 heterocycles. The fraction of sp³-hybridized carbons (Fsp3) is 0.188. The number of hydrazone groups is 1. The van der Waals surface area contributed by atoms with E-state index in [-0.39, 0.29) is 0 Å². The molecule has 0 saturated heterocycles. The van der Waals surface area contributed by atoms with Crippen LogP contribution in [0.25, 0.3) is 0 Å². The van der Waals surface area contributed by atoms with E-state index < -0.39 is 0 Å². The SMILES string of the molecule is CCOc1ccccc1/C=N/Nc1ccc(C)c(Cl)c1. The maximum atomic E-state index is 6.06. The highest BCUT2D eigenvalue weighted by Crippen LogP contribution is 2.20. The van der Waals surface area contributed by atoms with Gasteiger partial charge in [0, 0.05) is 10.6 Å². The lowest BCUT2D eigenvalue weighted by Crippen LogP contribution is -1.97. The lowest BCUT2D eigenvalue weighted by atomic mass is 10.2. The van der Waals surface area contributed by atoms with Gasteiger partial charge in [-0.05, 0) is 43.7 Å². The third kappa shape index (κ3) is 3.75. The van der Waals surface area contributed by atoms with Gasteiger partial charge in [-0.25, -0.2) is 0 Å². The van der Waals surface area contributed by atoms with E-state index in [4.69, 9.17) is 16.3 Å². The molecule has 3 nitrogen and oxygen atoms in total. The van der Waals surface area contributed by atoms with Gasteiger partial charge >= 0.3 is 0 Å². The zero-order chi connectivity index (χ0) is 14.4. The first-order valence-electron chi connectivity index (χ1n) is 6.47. The van der Waals surface area contributed by atoms with Crippen molar-refractivity contribution in [3.05, 3.63) is 58.6 Å². The molecule has 0 unspecified atom stereocenters. The fourth-order valence-corrected chi connectivity index (χ4v) is 1.89. The zero-order valence-corrected chi connectivity index (χ0v) is 12.3. The molecule has 20 heavy (non-hydrogen) atoms. The van der Waals surface area contributed by atoms with E-state index in [2.05, 4.69) is 10.5 Å². The van der Waals surface area contributed by atoms with Gasteiger partial charge in [0.2, 0.25) is 0 Å². The first-order valence-corrected chi connectivity index (χ1v) is 6.85. The van der Waals surface area contributed by atoms with Gasteiger partial charge in [-0.3, -0.25) is 5.43 Å². The average molecular weight is 289 g/mol. The number of benzene rings is 2. The van der Waals surface area contributed by atoms with Crippen LogP contribution in [0, 0.1) is 6.92 Å². The second kappa shape index (κ2) is 6.96. The number of rotatable bonds is 5. The molecule has 0 bridgehead atoms. The van der Waals surface area contributed by atoms with Crippen molar-refractivity contribution in [2.45, 2.75) is 13.8 Å². The summed E-state index contributed by atoms with van der Waals surface area (Å²) in [5.41, 5.74) is 5.79. The number of nitrogens with one attached hydrogen (secondary N) is 1. The third-order valence-corrected chi connectivity index (χ3v) is 3.20. The first kappa shape index (κ1) is 14.4. The minimum atomic E-state index is 0.631. The number of para-hydroxylation sites is 1. The Bertz CT molecular complexity index is 611. The Hall–Kier alpha value is -2.00. The molecule has 4 heteroatoms. The molecule has 0 fully saturated rings. The molecule has 2 aromatic rings. The zero-order valence-electron chi connectivity index (χ0n) is 11.6. The summed E-state index contributed by atoms with van der Waals surface area (Å²) in [6, 6.07) is 13.5. The molecule has 0 amide bonds. The van der Waals surface area contributed by atoms with Gasteiger partial charge in [-0.2, -0.15) is 5.10 Å². The molecule has 0 saturated carbocycles. The molecule has 104 valence electrons. The van der Waals surface area contributed by atoms with Crippen molar-refractivity contribution in [2.75, 3.05) is 12.0 Å². The summed E-state index contributed by atoms with van der Waals surface area (Å²) in [5, 5.41) is 4.93. The number of anilines is 1. The van der Waals surface area contributed by atoms with Gasteiger partial charge in [0.25, 0.3) is 0 Å². The molecule has 0 aromatic heterocycles. The standard InChI is InChI=1S/C16H17ClN2O/c1-3-20-16-7-5-4-6-13(16)11-18-19-14-9-8-12(2)15(17)10-14/h4-11,19H,3H2,1-2H3/b18-11+. The maximum absolute atomic E-state index is 6.06. The smallest absolute Gasteiger partial charge is 0.128 e. The first-order chi connectivity index (χ1) is 9.70. The number of halogens is 1. The van der Waals surface area contributed by atoms with E-state index in [0.29, 0.717) is 6.61 Å². The van der Waals surface area contributed by atoms with Crippen molar-refractivity contribution in [3.8, 4) is 5.75 Å². The molecule has 0 aliphatic carbocycles. The average Bonchev–Trinajstić information content (AvgIpc) is 2.45. The molecule has 0 spiro atoms. The second-order valence-corrected chi connectivity index (χ2v) is 4.71. The van der Waals surface area contributed by atoms with Crippen LogP contribution in [0.5, 0.6) is 5.75 Å². The Morgan fingerprint density at radius 3 is 2.80 bits per heavy atom. The van der Waals surface area contributed by atoms with Crippen LogP contribution in [0.3, 0.4) is 0 Å². The van der Waals surface area contributed by atoms with Gasteiger partial charge in [0.05, 0.1) is 18.5 Å². The predicted octanol–water partition coefficient (Wildman–Crippen LogP) is 4.49. The molecule has 2 aromatic carbocycles. The maximum Gasteiger partial charge on any atom is 0.128 e. The van der Waals surface area contributed by atoms with Crippen LogP contribution < -0.4 is 10.2 Å². The summed E-state index contributed by atoms with van der Waals surface area (Å²) in [7, 11) is 0. The highest BCUT2D eigenvalue weighted by molar-refractivity contribution is 6.31. The van der Waals surface area contributed by atoms with Crippen LogP contribution in [0.1, 0.15) is 18.1 Å². The van der Waals surface area contributed by atoms with Crippen LogP contribution in [-0.2, 0) is 0 Å². The van der Waals surface area contributed by atoms with Gasteiger partial charge in [0.15, 0.2) is 0 Å². The summed E-state index contributed by atoms with van der Waals surface area (Å²) in [5.74, 6) is 0.822. The highest BCUT2D eigenvalue weighted by atomic mass is 35.5. The number of hydrogen-bond donors (Lipinski definition) is 1. The van der Waals surface area contributed by atoms with Gasteiger partial charge in [-0.1, -0.05) is 29.8 Å². The largest absolute Gasteiger partial charge is 0.493 e. The van der Waals surface area contributed by atoms with Crippen molar-refractivity contribution in [1.29, 1.82) is 0 Å². The Balaban J connectivity index is 2.08. The molecule has 0 atom stereocenters. The minimum Gasteiger partial charge on any atom is -0.493 e.